The zero-order chi connectivity index (χ0) is 15.9. The number of benzene rings is 1. The first-order chi connectivity index (χ1) is 11.3. The summed E-state index contributed by atoms with van der Waals surface area (Å²) in [5.41, 5.74) is 2.28. The minimum Gasteiger partial charge on any atom is -0.370 e. The topological polar surface area (TPSA) is 54.5 Å². The van der Waals surface area contributed by atoms with E-state index in [0.717, 1.165) is 12.0 Å². The van der Waals surface area contributed by atoms with Crippen molar-refractivity contribution in [2.75, 3.05) is 26.2 Å². The van der Waals surface area contributed by atoms with E-state index in [1.54, 1.807) is 12.4 Å². The zero-order valence-electron chi connectivity index (χ0n) is 13.0. The SMILES string of the molecule is O=C(NCCc1ccncc1)N1CCOC(c2ccccc2)C1. The summed E-state index contributed by atoms with van der Waals surface area (Å²) in [6, 6.07) is 13.9. The van der Waals surface area contributed by atoms with Crippen LogP contribution >= 0.6 is 0 Å². The molecule has 0 aliphatic carbocycles. The van der Waals surface area contributed by atoms with Crippen molar-refractivity contribution in [3.8, 4) is 0 Å². The smallest absolute Gasteiger partial charge is 0.317 e. The van der Waals surface area contributed by atoms with Crippen molar-refractivity contribution >= 4 is 6.03 Å². The molecule has 1 aromatic heterocycles. The van der Waals surface area contributed by atoms with Crippen LogP contribution in [0.4, 0.5) is 4.79 Å². The van der Waals surface area contributed by atoms with Crippen LogP contribution in [-0.4, -0.2) is 42.2 Å². The number of pyridine rings is 1. The Morgan fingerprint density at radius 1 is 1.22 bits per heavy atom. The average molecular weight is 311 g/mol. The van der Waals surface area contributed by atoms with Crippen LogP contribution in [0.25, 0.3) is 0 Å². The molecular weight excluding hydrogens is 290 g/mol. The second kappa shape index (κ2) is 7.74. The van der Waals surface area contributed by atoms with Gasteiger partial charge in [-0.1, -0.05) is 30.3 Å². The number of aromatic nitrogens is 1. The summed E-state index contributed by atoms with van der Waals surface area (Å²) >= 11 is 0. The number of carbonyl (C=O) groups excluding carboxylic acids is 1. The van der Waals surface area contributed by atoms with Crippen molar-refractivity contribution in [1.82, 2.24) is 15.2 Å². The first-order valence-electron chi connectivity index (χ1n) is 7.91. The van der Waals surface area contributed by atoms with Crippen LogP contribution in [0.2, 0.25) is 0 Å². The summed E-state index contributed by atoms with van der Waals surface area (Å²) in [4.78, 5) is 18.1. The van der Waals surface area contributed by atoms with E-state index in [9.17, 15) is 4.79 Å². The Labute approximate surface area is 136 Å². The number of amides is 2. The van der Waals surface area contributed by atoms with Gasteiger partial charge in [0.25, 0.3) is 0 Å². The standard InChI is InChI=1S/C18H21N3O2/c22-18(20-11-8-15-6-9-19-10-7-15)21-12-13-23-17(14-21)16-4-2-1-3-5-16/h1-7,9-10,17H,8,11-14H2,(H,20,22). The van der Waals surface area contributed by atoms with Crippen LogP contribution in [0.1, 0.15) is 17.2 Å². The van der Waals surface area contributed by atoms with Crippen LogP contribution in [0, 0.1) is 0 Å². The molecule has 0 spiro atoms. The quantitative estimate of drug-likeness (QED) is 0.943. The van der Waals surface area contributed by atoms with Gasteiger partial charge >= 0.3 is 6.03 Å². The molecule has 1 saturated heterocycles. The molecule has 1 atom stereocenters. The van der Waals surface area contributed by atoms with Gasteiger partial charge in [-0.05, 0) is 29.7 Å². The summed E-state index contributed by atoms with van der Waals surface area (Å²) in [6.45, 7) is 2.41. The normalized spacial score (nSPS) is 17.7. The van der Waals surface area contributed by atoms with Gasteiger partial charge < -0.3 is 15.0 Å². The highest BCUT2D eigenvalue weighted by Crippen LogP contribution is 2.21. The molecule has 23 heavy (non-hydrogen) atoms. The van der Waals surface area contributed by atoms with Crippen molar-refractivity contribution in [2.24, 2.45) is 0 Å². The van der Waals surface area contributed by atoms with Crippen LogP contribution in [0.5, 0.6) is 0 Å². The van der Waals surface area contributed by atoms with E-state index in [0.29, 0.717) is 26.2 Å². The molecule has 1 aromatic carbocycles. The molecule has 5 nitrogen and oxygen atoms in total. The third-order valence-electron chi connectivity index (χ3n) is 3.96. The third kappa shape index (κ3) is 4.29. The van der Waals surface area contributed by atoms with Crippen LogP contribution in [-0.2, 0) is 11.2 Å². The van der Waals surface area contributed by atoms with Gasteiger partial charge in [0.15, 0.2) is 0 Å². The molecule has 1 aliphatic heterocycles. The largest absolute Gasteiger partial charge is 0.370 e. The third-order valence-corrected chi connectivity index (χ3v) is 3.96. The van der Waals surface area contributed by atoms with Gasteiger partial charge in [0.05, 0.1) is 13.2 Å². The molecule has 1 fully saturated rings. The number of urea groups is 1. The number of hydrogen-bond acceptors (Lipinski definition) is 3. The first-order valence-corrected chi connectivity index (χ1v) is 7.91. The zero-order valence-corrected chi connectivity index (χ0v) is 13.0. The van der Waals surface area contributed by atoms with E-state index in [2.05, 4.69) is 10.3 Å². The van der Waals surface area contributed by atoms with Crippen molar-refractivity contribution in [3.63, 3.8) is 0 Å². The van der Waals surface area contributed by atoms with Crippen LogP contribution < -0.4 is 5.32 Å². The van der Waals surface area contributed by atoms with E-state index < -0.39 is 0 Å². The Balaban J connectivity index is 1.49. The van der Waals surface area contributed by atoms with E-state index in [1.807, 2.05) is 47.4 Å². The van der Waals surface area contributed by atoms with Gasteiger partial charge in [0, 0.05) is 25.5 Å². The first kappa shape index (κ1) is 15.5. The number of carbonyl (C=O) groups is 1. The number of nitrogens with one attached hydrogen (secondary N) is 1. The lowest BCUT2D eigenvalue weighted by Crippen LogP contribution is -2.47. The van der Waals surface area contributed by atoms with Gasteiger partial charge in [-0.25, -0.2) is 4.79 Å². The van der Waals surface area contributed by atoms with Crippen molar-refractivity contribution in [3.05, 3.63) is 66.0 Å². The molecule has 0 saturated carbocycles. The van der Waals surface area contributed by atoms with E-state index in [1.165, 1.54) is 5.56 Å². The Bertz CT molecular complexity index is 619. The molecule has 1 N–H and O–H groups in total. The Morgan fingerprint density at radius 2 is 2.00 bits per heavy atom. The number of morpholine rings is 1. The molecule has 0 radical (unpaired) electrons. The number of nitrogens with zero attached hydrogens (tertiary/aromatic N) is 2. The van der Waals surface area contributed by atoms with Gasteiger partial charge in [0.1, 0.15) is 6.10 Å². The van der Waals surface area contributed by atoms with E-state index >= 15 is 0 Å². The summed E-state index contributed by atoms with van der Waals surface area (Å²) in [7, 11) is 0. The summed E-state index contributed by atoms with van der Waals surface area (Å²) < 4.78 is 5.79. The maximum atomic E-state index is 12.3. The molecule has 3 rings (SSSR count). The average Bonchev–Trinajstić information content (AvgIpc) is 2.63. The molecule has 2 aromatic rings. The monoisotopic (exact) mass is 311 g/mol. The lowest BCUT2D eigenvalue weighted by molar-refractivity contribution is -0.0153. The second-order valence-corrected chi connectivity index (χ2v) is 5.55. The van der Waals surface area contributed by atoms with Crippen molar-refractivity contribution in [2.45, 2.75) is 12.5 Å². The molecule has 2 heterocycles. The Morgan fingerprint density at radius 3 is 2.78 bits per heavy atom. The molecule has 2 amide bonds. The summed E-state index contributed by atoms with van der Waals surface area (Å²) in [5.74, 6) is 0. The van der Waals surface area contributed by atoms with Gasteiger partial charge in [-0.15, -0.1) is 0 Å². The fraction of sp³-hybridized carbons (Fsp3) is 0.333. The molecule has 1 aliphatic rings. The molecule has 5 heteroatoms. The van der Waals surface area contributed by atoms with Gasteiger partial charge in [-0.2, -0.15) is 0 Å². The maximum absolute atomic E-state index is 12.3. The second-order valence-electron chi connectivity index (χ2n) is 5.55. The maximum Gasteiger partial charge on any atom is 0.317 e. The predicted octanol–water partition coefficient (Wildman–Crippen LogP) is 2.41. The summed E-state index contributed by atoms with van der Waals surface area (Å²) in [5, 5.41) is 2.98. The highest BCUT2D eigenvalue weighted by molar-refractivity contribution is 5.74. The number of ether oxygens (including phenoxy) is 1. The molecule has 0 bridgehead atoms. The van der Waals surface area contributed by atoms with Crippen molar-refractivity contribution in [1.29, 1.82) is 0 Å². The lowest BCUT2D eigenvalue weighted by Gasteiger charge is -2.33. The van der Waals surface area contributed by atoms with Crippen molar-refractivity contribution < 1.29 is 9.53 Å². The lowest BCUT2D eigenvalue weighted by atomic mass is 10.1. The molecule has 1 unspecified atom stereocenters. The fourth-order valence-corrected chi connectivity index (χ4v) is 2.68. The fourth-order valence-electron chi connectivity index (χ4n) is 2.68. The van der Waals surface area contributed by atoms with Gasteiger partial charge in [-0.3, -0.25) is 4.98 Å². The van der Waals surface area contributed by atoms with Crippen LogP contribution in [0.15, 0.2) is 54.9 Å². The van der Waals surface area contributed by atoms with Crippen LogP contribution in [0.3, 0.4) is 0 Å². The summed E-state index contributed by atoms with van der Waals surface area (Å²) in [6.07, 6.45) is 4.30. The van der Waals surface area contributed by atoms with E-state index in [4.69, 9.17) is 4.74 Å². The van der Waals surface area contributed by atoms with E-state index in [-0.39, 0.29) is 12.1 Å². The number of rotatable bonds is 4. The molecule has 120 valence electrons. The minimum atomic E-state index is -0.0455. The highest BCUT2D eigenvalue weighted by Gasteiger charge is 2.24. The Kier molecular flexibility index (Phi) is 5.21. The number of hydrogen-bond donors (Lipinski definition) is 1. The minimum absolute atomic E-state index is 0.0247. The Hall–Kier alpha value is -2.40. The predicted molar refractivity (Wildman–Crippen MR) is 88.0 cm³/mol. The highest BCUT2D eigenvalue weighted by atomic mass is 16.5. The molecular formula is C18H21N3O2. The van der Waals surface area contributed by atoms with Gasteiger partial charge in [0.2, 0.25) is 0 Å².